The van der Waals surface area contributed by atoms with Crippen molar-refractivity contribution in [3.05, 3.63) is 144 Å². The molecule has 0 radical (unpaired) electrons. The number of rotatable bonds is 17. The summed E-state index contributed by atoms with van der Waals surface area (Å²) in [5.74, 6) is 0. The molecule has 9 aromatic rings. The van der Waals surface area contributed by atoms with E-state index in [9.17, 15) is 0 Å². The van der Waals surface area contributed by atoms with Crippen molar-refractivity contribution < 1.29 is 0 Å². The first-order chi connectivity index (χ1) is 32.7. The molecular weight excluding hydrogens is 805 g/mol. The largest absolute Gasteiger partial charge is 0.355 e. The van der Waals surface area contributed by atoms with E-state index in [-0.39, 0.29) is 0 Å². The van der Waals surface area contributed by atoms with Crippen molar-refractivity contribution in [2.75, 3.05) is 0 Å². The van der Waals surface area contributed by atoms with Gasteiger partial charge in [0.25, 0.3) is 0 Å². The van der Waals surface area contributed by atoms with Crippen molar-refractivity contribution in [2.45, 2.75) is 103 Å². The standard InChI is InChI=1S/C60H60N6/c1-2-3-4-5-6-7-8-9-10-11-12-13-14-19-38-66-56-29-18-16-23-46(56)48-25-21-27-50(60(48)66)58-54-36-32-43(63-54)39-41-30-34-52(61-41)57(53-35-31-42(62-53)40-44-33-37-55(58)64-44)49-26-20-24-47-45-22-15-17-28-51(45)65-59(47)49/h15-18,20-37,39-40,61,64-65H,2-14,19,38H2,1H3. The monoisotopic (exact) mass is 864 g/mol. The third kappa shape index (κ3) is 8.30. The number of nitrogens with zero attached hydrogens (tertiary/aromatic N) is 3. The van der Waals surface area contributed by atoms with Crippen LogP contribution < -0.4 is 0 Å². The average Bonchev–Trinajstić information content (AvgIpc) is 4.22. The van der Waals surface area contributed by atoms with Gasteiger partial charge in [0.15, 0.2) is 0 Å². The third-order valence-electron chi connectivity index (χ3n) is 14.0. The number of nitrogens with one attached hydrogen (secondary N) is 3. The molecule has 6 nitrogen and oxygen atoms in total. The lowest BCUT2D eigenvalue weighted by molar-refractivity contribution is 0.528. The predicted octanol–water partition coefficient (Wildman–Crippen LogP) is 17.2. The molecule has 66 heavy (non-hydrogen) atoms. The second-order valence-electron chi connectivity index (χ2n) is 18.6. The maximum atomic E-state index is 5.38. The van der Waals surface area contributed by atoms with Crippen LogP contribution in [0, 0.1) is 0 Å². The third-order valence-corrected chi connectivity index (χ3v) is 14.0. The van der Waals surface area contributed by atoms with Crippen LogP contribution in [0.5, 0.6) is 0 Å². The molecule has 5 aromatic heterocycles. The summed E-state index contributed by atoms with van der Waals surface area (Å²) in [7, 11) is 0. The average molecular weight is 865 g/mol. The lowest BCUT2D eigenvalue weighted by Crippen LogP contribution is -2.00. The van der Waals surface area contributed by atoms with E-state index in [2.05, 4.69) is 172 Å². The normalized spacial score (nSPS) is 12.5. The van der Waals surface area contributed by atoms with E-state index in [4.69, 9.17) is 9.97 Å². The van der Waals surface area contributed by atoms with E-state index in [1.165, 1.54) is 122 Å². The first-order valence-corrected chi connectivity index (χ1v) is 24.8. The first kappa shape index (κ1) is 41.8. The molecule has 2 aliphatic rings. The van der Waals surface area contributed by atoms with Crippen molar-refractivity contribution in [2.24, 2.45) is 0 Å². The molecule has 3 N–H and O–H groups in total. The molecule has 0 atom stereocenters. The Morgan fingerprint density at radius 1 is 0.424 bits per heavy atom. The van der Waals surface area contributed by atoms with Gasteiger partial charge in [0, 0.05) is 83.4 Å². The minimum atomic E-state index is 0.899. The number of hydrogen-bond donors (Lipinski definition) is 3. The summed E-state index contributed by atoms with van der Waals surface area (Å²) in [5.41, 5.74) is 16.9. The number of fused-ring (bicyclic) bond motifs is 14. The molecule has 4 aromatic carbocycles. The van der Waals surface area contributed by atoms with Gasteiger partial charge in [0.2, 0.25) is 0 Å². The lowest BCUT2D eigenvalue weighted by atomic mass is 10.00. The summed E-state index contributed by atoms with van der Waals surface area (Å²) in [6.45, 7) is 3.28. The van der Waals surface area contributed by atoms with Gasteiger partial charge >= 0.3 is 0 Å². The number of hydrogen-bond acceptors (Lipinski definition) is 2. The number of benzene rings is 4. The zero-order valence-corrected chi connectivity index (χ0v) is 38.3. The molecule has 8 bridgehead atoms. The second kappa shape index (κ2) is 18.9. The van der Waals surface area contributed by atoms with E-state index in [0.29, 0.717) is 0 Å². The summed E-state index contributed by atoms with van der Waals surface area (Å²) in [4.78, 5) is 22.0. The maximum absolute atomic E-state index is 5.38. The van der Waals surface area contributed by atoms with E-state index in [0.717, 1.165) is 85.5 Å². The Morgan fingerprint density at radius 2 is 0.955 bits per heavy atom. The van der Waals surface area contributed by atoms with Crippen molar-refractivity contribution in [1.29, 1.82) is 0 Å². The Hall–Kier alpha value is -6.92. The van der Waals surface area contributed by atoms with Crippen molar-refractivity contribution in [3.8, 4) is 22.3 Å². The summed E-state index contributed by atoms with van der Waals surface area (Å²) < 4.78 is 2.60. The number of H-pyrrole nitrogens is 3. The van der Waals surface area contributed by atoms with Gasteiger partial charge in [0.05, 0.1) is 33.8 Å². The summed E-state index contributed by atoms with van der Waals surface area (Å²) in [5, 5.41) is 5.00. The van der Waals surface area contributed by atoms with Crippen LogP contribution in [0.25, 0.3) is 112 Å². The van der Waals surface area contributed by atoms with Gasteiger partial charge in [-0.1, -0.05) is 163 Å². The van der Waals surface area contributed by atoms with Crippen LogP contribution in [-0.4, -0.2) is 29.5 Å². The highest BCUT2D eigenvalue weighted by molar-refractivity contribution is 6.15. The fourth-order valence-corrected chi connectivity index (χ4v) is 10.7. The fraction of sp³-hybridized carbons (Fsp3) is 0.267. The number of unbranched alkanes of at least 4 members (excludes halogenated alkanes) is 13. The van der Waals surface area contributed by atoms with Crippen molar-refractivity contribution in [3.63, 3.8) is 0 Å². The summed E-state index contributed by atoms with van der Waals surface area (Å²) in [6.07, 6.45) is 27.6. The van der Waals surface area contributed by atoms with Gasteiger partial charge in [-0.05, 0) is 79.3 Å². The highest BCUT2D eigenvalue weighted by atomic mass is 15.0. The maximum Gasteiger partial charge on any atom is 0.0737 e. The molecule has 7 heterocycles. The molecule has 11 rings (SSSR count). The van der Waals surface area contributed by atoms with Crippen LogP contribution in [0.2, 0.25) is 0 Å². The SMILES string of the molecule is CCCCCCCCCCCCCCCCn1c2ccccc2c2cccc(-c3c4nc(cc5ccc([nH]5)c(-c5cccc6c5[nH]c5ccccc56)c5nc(cc6ccc3[nH]6)C=C5)C=C4)c21. The molecular formula is C60H60N6. The Labute approximate surface area is 387 Å². The number of aromatic amines is 3. The molecule has 0 spiro atoms. The van der Waals surface area contributed by atoms with Gasteiger partial charge < -0.3 is 19.5 Å². The van der Waals surface area contributed by atoms with Gasteiger partial charge in [-0.15, -0.1) is 0 Å². The van der Waals surface area contributed by atoms with E-state index < -0.39 is 0 Å². The minimum absolute atomic E-state index is 0.899. The fourth-order valence-electron chi connectivity index (χ4n) is 10.7. The Morgan fingerprint density at radius 3 is 1.61 bits per heavy atom. The minimum Gasteiger partial charge on any atom is -0.355 e. The van der Waals surface area contributed by atoms with Gasteiger partial charge in [-0.3, -0.25) is 0 Å². The van der Waals surface area contributed by atoms with Gasteiger partial charge in [0.1, 0.15) is 0 Å². The van der Waals surface area contributed by atoms with Crippen LogP contribution in [0.1, 0.15) is 120 Å². The Kier molecular flexibility index (Phi) is 12.0. The topological polar surface area (TPSA) is 78.1 Å². The van der Waals surface area contributed by atoms with E-state index in [1.54, 1.807) is 0 Å². The van der Waals surface area contributed by atoms with Crippen LogP contribution in [0.4, 0.5) is 0 Å². The van der Waals surface area contributed by atoms with Crippen molar-refractivity contribution >= 4 is 90.0 Å². The molecule has 6 heteroatoms. The smallest absolute Gasteiger partial charge is 0.0737 e. The highest BCUT2D eigenvalue weighted by Gasteiger charge is 2.20. The summed E-state index contributed by atoms with van der Waals surface area (Å²) >= 11 is 0. The summed E-state index contributed by atoms with van der Waals surface area (Å²) in [6, 6.07) is 43.9. The van der Waals surface area contributed by atoms with E-state index >= 15 is 0 Å². The molecule has 0 unspecified atom stereocenters. The van der Waals surface area contributed by atoms with Crippen LogP contribution in [0.3, 0.4) is 0 Å². The molecule has 0 fully saturated rings. The number of aryl methyl sites for hydroxylation is 1. The van der Waals surface area contributed by atoms with Crippen LogP contribution >= 0.6 is 0 Å². The molecule has 0 aliphatic carbocycles. The van der Waals surface area contributed by atoms with E-state index in [1.807, 2.05) is 0 Å². The first-order valence-electron chi connectivity index (χ1n) is 24.8. The highest BCUT2D eigenvalue weighted by Crippen LogP contribution is 2.41. The molecule has 2 aliphatic heterocycles. The quantitative estimate of drug-likeness (QED) is 0.0797. The number of para-hydroxylation sites is 4. The Balaban J connectivity index is 0.954. The molecule has 330 valence electrons. The molecule has 0 amide bonds. The molecule has 0 saturated heterocycles. The Bertz CT molecular complexity index is 3440. The van der Waals surface area contributed by atoms with Crippen molar-refractivity contribution in [1.82, 2.24) is 29.5 Å². The predicted molar refractivity (Wildman–Crippen MR) is 282 cm³/mol. The van der Waals surface area contributed by atoms with Crippen LogP contribution in [0.15, 0.2) is 121 Å². The van der Waals surface area contributed by atoms with Crippen LogP contribution in [-0.2, 0) is 6.54 Å². The lowest BCUT2D eigenvalue weighted by Gasteiger charge is -2.12. The molecule has 0 saturated carbocycles. The van der Waals surface area contributed by atoms with Gasteiger partial charge in [-0.2, -0.15) is 0 Å². The van der Waals surface area contributed by atoms with Gasteiger partial charge in [-0.25, -0.2) is 9.97 Å². The zero-order valence-electron chi connectivity index (χ0n) is 38.3. The second-order valence-corrected chi connectivity index (χ2v) is 18.6. The zero-order chi connectivity index (χ0) is 44.2. The number of aromatic nitrogens is 6.